The van der Waals surface area contributed by atoms with Crippen LogP contribution in [0.1, 0.15) is 66.2 Å². The lowest BCUT2D eigenvalue weighted by Crippen LogP contribution is -2.57. The van der Waals surface area contributed by atoms with E-state index in [4.69, 9.17) is 9.68 Å². The Balaban J connectivity index is 1.35. The lowest BCUT2D eigenvalue weighted by atomic mass is 9.74. The number of aromatic nitrogens is 2. The molecule has 0 spiro atoms. The van der Waals surface area contributed by atoms with Gasteiger partial charge in [0.05, 0.1) is 6.26 Å². The minimum atomic E-state index is -0.173. The van der Waals surface area contributed by atoms with Crippen LogP contribution >= 0.6 is 0 Å². The second-order valence-corrected chi connectivity index (χ2v) is 7.54. The van der Waals surface area contributed by atoms with Crippen LogP contribution in [0.2, 0.25) is 0 Å². The van der Waals surface area contributed by atoms with E-state index in [1.807, 2.05) is 12.1 Å². The summed E-state index contributed by atoms with van der Waals surface area (Å²) in [7, 11) is 0. The van der Waals surface area contributed by atoms with E-state index in [2.05, 4.69) is 27.5 Å². The molecule has 0 atom stereocenters. The summed E-state index contributed by atoms with van der Waals surface area (Å²) in [5, 5.41) is 15.5. The molecule has 2 aromatic heterocycles. The molecule has 0 unspecified atom stereocenters. The molecule has 1 amide bonds. The van der Waals surface area contributed by atoms with Gasteiger partial charge in [-0.3, -0.25) is 4.79 Å². The van der Waals surface area contributed by atoms with Gasteiger partial charge in [-0.25, -0.2) is 9.97 Å². The average molecular weight is 351 g/mol. The zero-order chi connectivity index (χ0) is 18.3. The molecule has 0 radical (unpaired) electrons. The molecule has 134 valence electrons. The highest BCUT2D eigenvalue weighted by Gasteiger charge is 2.42. The highest BCUT2D eigenvalue weighted by atomic mass is 16.3. The Morgan fingerprint density at radius 1 is 1.38 bits per heavy atom. The first-order valence-electron chi connectivity index (χ1n) is 8.88. The SMILES string of the molecule is Cc1nc(C#N)cc(NC2(C)CC(NC(=O)c3occc3C3CC3)C2)n1. The first-order chi connectivity index (χ1) is 12.5. The molecule has 0 saturated heterocycles. The predicted octanol–water partition coefficient (Wildman–Crippen LogP) is 2.89. The molecule has 4 rings (SSSR count). The molecule has 0 aromatic carbocycles. The van der Waals surface area contributed by atoms with Crippen molar-refractivity contribution in [1.82, 2.24) is 15.3 Å². The van der Waals surface area contributed by atoms with E-state index < -0.39 is 0 Å². The van der Waals surface area contributed by atoms with Crippen LogP contribution < -0.4 is 10.6 Å². The summed E-state index contributed by atoms with van der Waals surface area (Å²) in [6.07, 6.45) is 5.42. The van der Waals surface area contributed by atoms with Crippen molar-refractivity contribution in [3.63, 3.8) is 0 Å². The number of hydrogen-bond donors (Lipinski definition) is 2. The van der Waals surface area contributed by atoms with Crippen molar-refractivity contribution in [3.05, 3.63) is 41.2 Å². The minimum Gasteiger partial charge on any atom is -0.459 e. The maximum atomic E-state index is 12.5. The van der Waals surface area contributed by atoms with Gasteiger partial charge in [0.15, 0.2) is 5.76 Å². The van der Waals surface area contributed by atoms with Crippen molar-refractivity contribution in [2.75, 3.05) is 5.32 Å². The van der Waals surface area contributed by atoms with E-state index in [1.54, 1.807) is 19.3 Å². The first-order valence-corrected chi connectivity index (χ1v) is 8.88. The fraction of sp³-hybridized carbons (Fsp3) is 0.474. The van der Waals surface area contributed by atoms with Gasteiger partial charge in [0, 0.05) is 23.2 Å². The molecule has 2 N–H and O–H groups in total. The smallest absolute Gasteiger partial charge is 0.287 e. The Hall–Kier alpha value is -2.88. The van der Waals surface area contributed by atoms with Gasteiger partial charge in [-0.2, -0.15) is 5.26 Å². The average Bonchev–Trinajstić information content (AvgIpc) is 3.29. The molecule has 0 aliphatic heterocycles. The van der Waals surface area contributed by atoms with E-state index in [9.17, 15) is 4.79 Å². The molecule has 26 heavy (non-hydrogen) atoms. The van der Waals surface area contributed by atoms with Crippen LogP contribution in [0.4, 0.5) is 5.82 Å². The Kier molecular flexibility index (Phi) is 3.91. The fourth-order valence-electron chi connectivity index (χ4n) is 3.70. The third-order valence-electron chi connectivity index (χ3n) is 5.03. The maximum absolute atomic E-state index is 12.5. The first kappa shape index (κ1) is 16.6. The summed E-state index contributed by atoms with van der Waals surface area (Å²) in [5.41, 5.74) is 1.20. The molecule has 7 nitrogen and oxygen atoms in total. The van der Waals surface area contributed by atoms with Crippen molar-refractivity contribution in [2.45, 2.75) is 57.0 Å². The van der Waals surface area contributed by atoms with Gasteiger partial charge in [0.1, 0.15) is 23.4 Å². The van der Waals surface area contributed by atoms with Gasteiger partial charge < -0.3 is 15.1 Å². The Morgan fingerprint density at radius 2 is 2.15 bits per heavy atom. The molecule has 2 fully saturated rings. The summed E-state index contributed by atoms with van der Waals surface area (Å²) >= 11 is 0. The van der Waals surface area contributed by atoms with Crippen molar-refractivity contribution >= 4 is 11.7 Å². The van der Waals surface area contributed by atoms with E-state index in [0.717, 1.165) is 31.2 Å². The topological polar surface area (TPSA) is 104 Å². The van der Waals surface area contributed by atoms with Crippen molar-refractivity contribution in [2.24, 2.45) is 0 Å². The standard InChI is InChI=1S/C19H21N5O2/c1-11-21-13(10-20)7-16(22-11)24-19(2)8-14(9-19)23-18(25)17-15(5-6-26-17)12-3-4-12/h5-7,12,14H,3-4,8-9H2,1-2H3,(H,23,25)(H,21,22,24). The minimum absolute atomic E-state index is 0.0931. The number of amides is 1. The number of nitriles is 1. The molecule has 0 bridgehead atoms. The van der Waals surface area contributed by atoms with E-state index >= 15 is 0 Å². The number of aryl methyl sites for hydroxylation is 1. The molecule has 2 heterocycles. The van der Waals surface area contributed by atoms with Crippen molar-refractivity contribution < 1.29 is 9.21 Å². The van der Waals surface area contributed by atoms with Crippen LogP contribution in [0.3, 0.4) is 0 Å². The van der Waals surface area contributed by atoms with Crippen molar-refractivity contribution in [3.8, 4) is 6.07 Å². The van der Waals surface area contributed by atoms with Crippen LogP contribution in [-0.2, 0) is 0 Å². The largest absolute Gasteiger partial charge is 0.459 e. The number of furan rings is 1. The number of anilines is 1. The monoisotopic (exact) mass is 351 g/mol. The maximum Gasteiger partial charge on any atom is 0.287 e. The Labute approximate surface area is 151 Å². The molecular formula is C19H21N5O2. The number of carbonyl (C=O) groups is 1. The summed E-state index contributed by atoms with van der Waals surface area (Å²) in [4.78, 5) is 20.9. The zero-order valence-electron chi connectivity index (χ0n) is 14.9. The molecular weight excluding hydrogens is 330 g/mol. The second-order valence-electron chi connectivity index (χ2n) is 7.54. The lowest BCUT2D eigenvalue weighted by molar-refractivity contribution is 0.0859. The van der Waals surface area contributed by atoms with Gasteiger partial charge >= 0.3 is 0 Å². The third-order valence-corrected chi connectivity index (χ3v) is 5.03. The van der Waals surface area contributed by atoms with E-state index in [1.165, 1.54) is 0 Å². The molecule has 2 aliphatic rings. The molecule has 7 heteroatoms. The Bertz CT molecular complexity index is 888. The molecule has 2 saturated carbocycles. The van der Waals surface area contributed by atoms with Crippen LogP contribution in [0.25, 0.3) is 0 Å². The fourth-order valence-corrected chi connectivity index (χ4v) is 3.70. The number of hydrogen-bond acceptors (Lipinski definition) is 6. The van der Waals surface area contributed by atoms with Crippen LogP contribution in [0.15, 0.2) is 22.8 Å². The normalized spacial score (nSPS) is 24.4. The summed E-state index contributed by atoms with van der Waals surface area (Å²) in [6, 6.07) is 5.69. The zero-order valence-corrected chi connectivity index (χ0v) is 14.9. The number of nitrogens with zero attached hydrogens (tertiary/aromatic N) is 3. The number of nitrogens with one attached hydrogen (secondary N) is 2. The highest BCUT2D eigenvalue weighted by Crippen LogP contribution is 2.42. The van der Waals surface area contributed by atoms with Gasteiger partial charge in [-0.05, 0) is 51.5 Å². The van der Waals surface area contributed by atoms with Gasteiger partial charge in [0.25, 0.3) is 5.91 Å². The quantitative estimate of drug-likeness (QED) is 0.858. The number of carbonyl (C=O) groups excluding carboxylic acids is 1. The molecule has 2 aromatic rings. The second kappa shape index (κ2) is 6.13. The predicted molar refractivity (Wildman–Crippen MR) is 94.7 cm³/mol. The van der Waals surface area contributed by atoms with E-state index in [-0.39, 0.29) is 17.5 Å². The van der Waals surface area contributed by atoms with Crippen LogP contribution in [-0.4, -0.2) is 27.5 Å². The Morgan fingerprint density at radius 3 is 2.85 bits per heavy atom. The van der Waals surface area contributed by atoms with Gasteiger partial charge in [-0.1, -0.05) is 0 Å². The third kappa shape index (κ3) is 3.27. The van der Waals surface area contributed by atoms with Crippen LogP contribution in [0, 0.1) is 18.3 Å². The number of rotatable bonds is 5. The van der Waals surface area contributed by atoms with Crippen molar-refractivity contribution in [1.29, 1.82) is 5.26 Å². The van der Waals surface area contributed by atoms with E-state index in [0.29, 0.717) is 29.0 Å². The highest BCUT2D eigenvalue weighted by molar-refractivity contribution is 5.93. The van der Waals surface area contributed by atoms with Gasteiger partial charge in [0.2, 0.25) is 0 Å². The molecule has 2 aliphatic carbocycles. The lowest BCUT2D eigenvalue weighted by Gasteiger charge is -2.46. The van der Waals surface area contributed by atoms with Gasteiger partial charge in [-0.15, -0.1) is 0 Å². The summed E-state index contributed by atoms with van der Waals surface area (Å²) in [6.45, 7) is 3.85. The van der Waals surface area contributed by atoms with Crippen LogP contribution in [0.5, 0.6) is 0 Å². The summed E-state index contributed by atoms with van der Waals surface area (Å²) < 4.78 is 5.41. The summed E-state index contributed by atoms with van der Waals surface area (Å²) in [5.74, 6) is 2.01.